The van der Waals surface area contributed by atoms with Gasteiger partial charge in [-0.3, -0.25) is 0 Å². The summed E-state index contributed by atoms with van der Waals surface area (Å²) in [4.78, 5) is 2.38. The summed E-state index contributed by atoms with van der Waals surface area (Å²) < 4.78 is 2.22. The monoisotopic (exact) mass is 274 g/mol. The fraction of sp³-hybridized carbons (Fsp3) is 0.375. The van der Waals surface area contributed by atoms with E-state index in [1.54, 1.807) is 0 Å². The van der Waals surface area contributed by atoms with Crippen molar-refractivity contribution in [3.63, 3.8) is 0 Å². The Bertz CT molecular complexity index is 560. The molecule has 19 heavy (non-hydrogen) atoms. The number of nitrogens with zero attached hydrogens (tertiary/aromatic N) is 2. The second-order valence-corrected chi connectivity index (χ2v) is 5.73. The van der Waals surface area contributed by atoms with Crippen LogP contribution in [0.5, 0.6) is 0 Å². The van der Waals surface area contributed by atoms with Crippen LogP contribution in [0.25, 0.3) is 0 Å². The van der Waals surface area contributed by atoms with Gasteiger partial charge in [-0.2, -0.15) is 0 Å². The van der Waals surface area contributed by atoms with Crippen LogP contribution in [-0.4, -0.2) is 29.6 Å². The minimum absolute atomic E-state index is 0.932. The molecule has 0 unspecified atom stereocenters. The maximum atomic E-state index is 6.39. The fourth-order valence-corrected chi connectivity index (χ4v) is 3.10. The van der Waals surface area contributed by atoms with E-state index >= 15 is 0 Å². The van der Waals surface area contributed by atoms with Crippen molar-refractivity contribution in [2.24, 2.45) is 0 Å². The summed E-state index contributed by atoms with van der Waals surface area (Å²) in [6, 6.07) is 8.39. The Morgan fingerprint density at radius 3 is 2.47 bits per heavy atom. The maximum absolute atomic E-state index is 6.39. The van der Waals surface area contributed by atoms with Gasteiger partial charge in [-0.25, -0.2) is 0 Å². The summed E-state index contributed by atoms with van der Waals surface area (Å²) in [7, 11) is 2.19. The molecule has 0 N–H and O–H groups in total. The largest absolute Gasteiger partial charge is 0.350 e. The molecule has 2 nitrogen and oxygen atoms in total. The van der Waals surface area contributed by atoms with Crippen LogP contribution < -0.4 is 0 Å². The molecule has 1 aromatic heterocycles. The standard InChI is InChI=1S/C16H19ClN2/c1-18-10-6-14-13(12-19-8-2-3-9-19)4-5-16(17)15(14)7-11-18/h2-5,8-9H,6-7,10-12H2,1H3. The highest BCUT2D eigenvalue weighted by Gasteiger charge is 2.17. The van der Waals surface area contributed by atoms with Gasteiger partial charge in [0.1, 0.15) is 0 Å². The van der Waals surface area contributed by atoms with E-state index < -0.39 is 0 Å². The predicted molar refractivity (Wildman–Crippen MR) is 79.9 cm³/mol. The zero-order chi connectivity index (χ0) is 13.2. The highest BCUT2D eigenvalue weighted by molar-refractivity contribution is 6.31. The van der Waals surface area contributed by atoms with Crippen LogP contribution in [0.1, 0.15) is 16.7 Å². The second kappa shape index (κ2) is 5.40. The molecule has 3 heteroatoms. The number of benzene rings is 1. The molecule has 0 aliphatic carbocycles. The smallest absolute Gasteiger partial charge is 0.0473 e. The Morgan fingerprint density at radius 2 is 1.74 bits per heavy atom. The molecule has 0 saturated carbocycles. The predicted octanol–water partition coefficient (Wildman–Crippen LogP) is 3.22. The number of likely N-dealkylation sites (N-methyl/N-ethyl adjacent to an activating group) is 1. The Labute approximate surface area is 119 Å². The summed E-state index contributed by atoms with van der Waals surface area (Å²) in [6.07, 6.45) is 6.39. The first-order valence-electron chi connectivity index (χ1n) is 6.82. The van der Waals surface area contributed by atoms with Crippen molar-refractivity contribution in [1.29, 1.82) is 0 Å². The molecule has 1 aromatic carbocycles. The van der Waals surface area contributed by atoms with Gasteiger partial charge in [-0.1, -0.05) is 17.7 Å². The third-order valence-electron chi connectivity index (χ3n) is 3.98. The second-order valence-electron chi connectivity index (χ2n) is 5.32. The van der Waals surface area contributed by atoms with Crippen molar-refractivity contribution in [2.75, 3.05) is 20.1 Å². The van der Waals surface area contributed by atoms with Gasteiger partial charge in [0, 0.05) is 37.1 Å². The molecule has 0 amide bonds. The highest BCUT2D eigenvalue weighted by atomic mass is 35.5. The minimum Gasteiger partial charge on any atom is -0.350 e. The number of fused-ring (bicyclic) bond motifs is 1. The van der Waals surface area contributed by atoms with Crippen LogP contribution in [0.15, 0.2) is 36.7 Å². The van der Waals surface area contributed by atoms with Gasteiger partial charge in [-0.15, -0.1) is 0 Å². The molecule has 2 heterocycles. The lowest BCUT2D eigenvalue weighted by molar-refractivity contribution is 0.352. The first-order valence-corrected chi connectivity index (χ1v) is 7.20. The minimum atomic E-state index is 0.932. The fourth-order valence-electron chi connectivity index (χ4n) is 2.83. The summed E-state index contributed by atoms with van der Waals surface area (Å²) in [6.45, 7) is 3.15. The van der Waals surface area contributed by atoms with Crippen LogP contribution >= 0.6 is 11.6 Å². The van der Waals surface area contributed by atoms with Gasteiger partial charge in [0.15, 0.2) is 0 Å². The lowest BCUT2D eigenvalue weighted by Gasteiger charge is -2.14. The van der Waals surface area contributed by atoms with Crippen LogP contribution in [-0.2, 0) is 19.4 Å². The first kappa shape index (κ1) is 12.8. The van der Waals surface area contributed by atoms with Crippen molar-refractivity contribution in [3.05, 3.63) is 58.4 Å². The van der Waals surface area contributed by atoms with Gasteiger partial charge in [0.05, 0.1) is 0 Å². The Morgan fingerprint density at radius 1 is 1.05 bits per heavy atom. The van der Waals surface area contributed by atoms with Crippen molar-refractivity contribution < 1.29 is 0 Å². The van der Waals surface area contributed by atoms with E-state index in [1.165, 1.54) is 16.7 Å². The highest BCUT2D eigenvalue weighted by Crippen LogP contribution is 2.27. The van der Waals surface area contributed by atoms with E-state index in [0.29, 0.717) is 0 Å². The summed E-state index contributed by atoms with van der Waals surface area (Å²) in [5.41, 5.74) is 4.23. The molecule has 0 atom stereocenters. The molecule has 3 rings (SSSR count). The lowest BCUT2D eigenvalue weighted by atomic mass is 9.97. The number of aromatic nitrogens is 1. The van der Waals surface area contributed by atoms with Crippen molar-refractivity contribution in [1.82, 2.24) is 9.47 Å². The molecule has 2 aromatic rings. The Hall–Kier alpha value is -1.25. The van der Waals surface area contributed by atoms with E-state index in [2.05, 4.69) is 53.2 Å². The number of hydrogen-bond acceptors (Lipinski definition) is 1. The zero-order valence-corrected chi connectivity index (χ0v) is 12.0. The first-order chi connectivity index (χ1) is 9.24. The average Bonchev–Trinajstić information content (AvgIpc) is 2.82. The topological polar surface area (TPSA) is 8.17 Å². The normalized spacial score (nSPS) is 16.1. The lowest BCUT2D eigenvalue weighted by Crippen LogP contribution is -2.20. The number of hydrogen-bond donors (Lipinski definition) is 0. The van der Waals surface area contributed by atoms with Crippen LogP contribution in [0.2, 0.25) is 5.02 Å². The molecule has 1 aliphatic heterocycles. The van der Waals surface area contributed by atoms with Crippen molar-refractivity contribution in [2.45, 2.75) is 19.4 Å². The van der Waals surface area contributed by atoms with E-state index in [0.717, 1.165) is 37.5 Å². The maximum Gasteiger partial charge on any atom is 0.0473 e. The van der Waals surface area contributed by atoms with Crippen LogP contribution in [0, 0.1) is 0 Å². The molecule has 1 aliphatic rings. The quantitative estimate of drug-likeness (QED) is 0.816. The third-order valence-corrected chi connectivity index (χ3v) is 4.33. The molecular weight excluding hydrogens is 256 g/mol. The molecule has 0 saturated heterocycles. The van der Waals surface area contributed by atoms with Crippen molar-refractivity contribution >= 4 is 11.6 Å². The van der Waals surface area contributed by atoms with Gasteiger partial charge < -0.3 is 9.47 Å². The molecule has 100 valence electrons. The van der Waals surface area contributed by atoms with E-state index in [9.17, 15) is 0 Å². The zero-order valence-electron chi connectivity index (χ0n) is 11.3. The Kier molecular flexibility index (Phi) is 3.63. The van der Waals surface area contributed by atoms with Gasteiger partial charge >= 0.3 is 0 Å². The number of rotatable bonds is 2. The van der Waals surface area contributed by atoms with E-state index in [4.69, 9.17) is 11.6 Å². The van der Waals surface area contributed by atoms with Crippen LogP contribution in [0.4, 0.5) is 0 Å². The van der Waals surface area contributed by atoms with Crippen LogP contribution in [0.3, 0.4) is 0 Å². The van der Waals surface area contributed by atoms with E-state index in [1.807, 2.05) is 0 Å². The molecular formula is C16H19ClN2. The number of halogens is 1. The summed E-state index contributed by atoms with van der Waals surface area (Å²) in [5, 5.41) is 0.932. The third kappa shape index (κ3) is 2.70. The van der Waals surface area contributed by atoms with Crippen molar-refractivity contribution in [3.8, 4) is 0 Å². The van der Waals surface area contributed by atoms with Gasteiger partial charge in [0.2, 0.25) is 0 Å². The average molecular weight is 275 g/mol. The SMILES string of the molecule is CN1CCc2c(Cl)ccc(Cn3cccc3)c2CC1. The van der Waals surface area contributed by atoms with Gasteiger partial charge in [-0.05, 0) is 54.8 Å². The Balaban J connectivity index is 1.97. The summed E-state index contributed by atoms with van der Waals surface area (Å²) in [5.74, 6) is 0. The molecule has 0 spiro atoms. The summed E-state index contributed by atoms with van der Waals surface area (Å²) >= 11 is 6.39. The molecule has 0 fully saturated rings. The van der Waals surface area contributed by atoms with Gasteiger partial charge in [0.25, 0.3) is 0 Å². The van der Waals surface area contributed by atoms with E-state index in [-0.39, 0.29) is 0 Å². The molecule has 0 radical (unpaired) electrons. The molecule has 0 bridgehead atoms.